The summed E-state index contributed by atoms with van der Waals surface area (Å²) in [5.41, 5.74) is 5.89. The van der Waals surface area contributed by atoms with Crippen molar-refractivity contribution in [3.63, 3.8) is 0 Å². The number of hydrogen-bond donors (Lipinski definition) is 2. The van der Waals surface area contributed by atoms with Gasteiger partial charge in [0.05, 0.1) is 4.92 Å². The average Bonchev–Trinajstić information content (AvgIpc) is 2.44. The summed E-state index contributed by atoms with van der Waals surface area (Å²) in [5, 5.41) is 13.7. The molecule has 0 radical (unpaired) electrons. The Kier molecular flexibility index (Phi) is 6.61. The molecule has 1 amide bonds. The molecule has 0 heterocycles. The van der Waals surface area contributed by atoms with Crippen LogP contribution in [0.1, 0.15) is 25.8 Å². The highest BCUT2D eigenvalue weighted by molar-refractivity contribution is 5.77. The van der Waals surface area contributed by atoms with Crippen LogP contribution in [0.15, 0.2) is 18.2 Å². The molecule has 0 aliphatic heterocycles. The lowest BCUT2D eigenvalue weighted by atomic mass is 10.1. The zero-order valence-electron chi connectivity index (χ0n) is 12.3. The largest absolute Gasteiger partial charge is 0.477 e. The summed E-state index contributed by atoms with van der Waals surface area (Å²) in [4.78, 5) is 22.0. The predicted octanol–water partition coefficient (Wildman–Crippen LogP) is 1.59. The quantitative estimate of drug-likeness (QED) is 0.559. The lowest BCUT2D eigenvalue weighted by Gasteiger charge is -2.09. The SMILES string of the molecule is CC(C)CCNC(=O)COc1ccc(CN)cc1[N+](=O)[O-]. The van der Waals surface area contributed by atoms with Crippen LogP contribution in [-0.4, -0.2) is 24.0 Å². The van der Waals surface area contributed by atoms with Gasteiger partial charge >= 0.3 is 5.69 Å². The third-order valence-corrected chi connectivity index (χ3v) is 2.86. The van der Waals surface area contributed by atoms with Crippen LogP contribution in [0.5, 0.6) is 5.75 Å². The first-order valence-corrected chi connectivity index (χ1v) is 6.81. The van der Waals surface area contributed by atoms with E-state index >= 15 is 0 Å². The van der Waals surface area contributed by atoms with Gasteiger partial charge in [0, 0.05) is 19.2 Å². The summed E-state index contributed by atoms with van der Waals surface area (Å²) in [6.07, 6.45) is 0.872. The molecule has 0 fully saturated rings. The van der Waals surface area contributed by atoms with Crippen LogP contribution in [-0.2, 0) is 11.3 Å². The lowest BCUT2D eigenvalue weighted by Crippen LogP contribution is -2.30. The minimum Gasteiger partial charge on any atom is -0.477 e. The molecular weight excluding hydrogens is 274 g/mol. The smallest absolute Gasteiger partial charge is 0.311 e. The fourth-order valence-electron chi connectivity index (χ4n) is 1.65. The maximum atomic E-state index is 11.6. The van der Waals surface area contributed by atoms with E-state index in [4.69, 9.17) is 10.5 Å². The molecule has 7 nitrogen and oxygen atoms in total. The van der Waals surface area contributed by atoms with E-state index in [1.165, 1.54) is 12.1 Å². The number of nitrogens with zero attached hydrogens (tertiary/aromatic N) is 1. The molecule has 0 aromatic heterocycles. The van der Waals surface area contributed by atoms with Crippen molar-refractivity contribution in [2.75, 3.05) is 13.2 Å². The van der Waals surface area contributed by atoms with Crippen LogP contribution in [0, 0.1) is 16.0 Å². The van der Waals surface area contributed by atoms with Gasteiger partial charge in [-0.3, -0.25) is 14.9 Å². The number of benzene rings is 1. The highest BCUT2D eigenvalue weighted by Gasteiger charge is 2.16. The Bertz CT molecular complexity index is 503. The summed E-state index contributed by atoms with van der Waals surface area (Å²) in [6.45, 7) is 4.64. The molecule has 1 rings (SSSR count). The Morgan fingerprint density at radius 2 is 2.19 bits per heavy atom. The molecule has 116 valence electrons. The third kappa shape index (κ3) is 5.78. The van der Waals surface area contributed by atoms with Gasteiger partial charge < -0.3 is 15.8 Å². The molecule has 0 bridgehead atoms. The van der Waals surface area contributed by atoms with Gasteiger partial charge in [-0.15, -0.1) is 0 Å². The van der Waals surface area contributed by atoms with Crippen LogP contribution in [0.25, 0.3) is 0 Å². The Balaban J connectivity index is 2.58. The van der Waals surface area contributed by atoms with Gasteiger partial charge in [-0.25, -0.2) is 0 Å². The predicted molar refractivity (Wildman–Crippen MR) is 78.9 cm³/mol. The molecule has 0 aliphatic rings. The minimum absolute atomic E-state index is 0.0659. The van der Waals surface area contributed by atoms with Crippen LogP contribution in [0.2, 0.25) is 0 Å². The number of ether oxygens (including phenoxy) is 1. The Hall–Kier alpha value is -2.15. The van der Waals surface area contributed by atoms with Gasteiger partial charge in [-0.1, -0.05) is 19.9 Å². The molecule has 0 saturated carbocycles. The molecule has 0 spiro atoms. The summed E-state index contributed by atoms with van der Waals surface area (Å²) in [5.74, 6) is 0.264. The molecular formula is C14H21N3O4. The van der Waals surface area contributed by atoms with E-state index in [1.807, 2.05) is 0 Å². The number of hydrogen-bond acceptors (Lipinski definition) is 5. The van der Waals surface area contributed by atoms with Crippen molar-refractivity contribution in [3.8, 4) is 5.75 Å². The number of amides is 1. The zero-order chi connectivity index (χ0) is 15.8. The molecule has 3 N–H and O–H groups in total. The van der Waals surface area contributed by atoms with Crippen molar-refractivity contribution >= 4 is 11.6 Å². The minimum atomic E-state index is -0.550. The van der Waals surface area contributed by atoms with Crippen molar-refractivity contribution in [1.82, 2.24) is 5.32 Å². The van der Waals surface area contributed by atoms with Gasteiger partial charge in [-0.05, 0) is 24.0 Å². The first kappa shape index (κ1) is 16.9. The van der Waals surface area contributed by atoms with E-state index in [-0.39, 0.29) is 30.5 Å². The number of carbonyl (C=O) groups excluding carboxylic acids is 1. The Morgan fingerprint density at radius 1 is 1.48 bits per heavy atom. The van der Waals surface area contributed by atoms with E-state index in [0.29, 0.717) is 18.0 Å². The summed E-state index contributed by atoms with van der Waals surface area (Å²) in [7, 11) is 0. The van der Waals surface area contributed by atoms with Crippen molar-refractivity contribution in [2.45, 2.75) is 26.8 Å². The van der Waals surface area contributed by atoms with E-state index < -0.39 is 4.92 Å². The monoisotopic (exact) mass is 295 g/mol. The first-order chi connectivity index (χ1) is 9.93. The van der Waals surface area contributed by atoms with Crippen LogP contribution >= 0.6 is 0 Å². The maximum absolute atomic E-state index is 11.6. The molecule has 21 heavy (non-hydrogen) atoms. The van der Waals surface area contributed by atoms with E-state index in [2.05, 4.69) is 19.2 Å². The molecule has 0 aliphatic carbocycles. The van der Waals surface area contributed by atoms with Crippen LogP contribution < -0.4 is 15.8 Å². The van der Waals surface area contributed by atoms with E-state index in [9.17, 15) is 14.9 Å². The van der Waals surface area contributed by atoms with E-state index in [0.717, 1.165) is 6.42 Å². The molecule has 1 aromatic carbocycles. The molecule has 0 unspecified atom stereocenters. The molecule has 1 aromatic rings. The average molecular weight is 295 g/mol. The second kappa shape index (κ2) is 8.21. The van der Waals surface area contributed by atoms with Crippen molar-refractivity contribution in [1.29, 1.82) is 0 Å². The molecule has 0 atom stereocenters. The van der Waals surface area contributed by atoms with Gasteiger partial charge in [0.1, 0.15) is 0 Å². The maximum Gasteiger partial charge on any atom is 0.311 e. The normalized spacial score (nSPS) is 10.5. The van der Waals surface area contributed by atoms with Crippen molar-refractivity contribution in [2.24, 2.45) is 11.7 Å². The van der Waals surface area contributed by atoms with Crippen molar-refractivity contribution < 1.29 is 14.5 Å². The molecule has 0 saturated heterocycles. The third-order valence-electron chi connectivity index (χ3n) is 2.86. The summed E-state index contributed by atoms with van der Waals surface area (Å²) >= 11 is 0. The number of rotatable bonds is 8. The highest BCUT2D eigenvalue weighted by Crippen LogP contribution is 2.27. The number of nitrogens with two attached hydrogens (primary N) is 1. The van der Waals surface area contributed by atoms with Crippen LogP contribution in [0.3, 0.4) is 0 Å². The van der Waals surface area contributed by atoms with Gasteiger partial charge in [0.25, 0.3) is 5.91 Å². The standard InChI is InChI=1S/C14H21N3O4/c1-10(2)5-6-16-14(18)9-21-13-4-3-11(8-15)7-12(13)17(19)20/h3-4,7,10H,5-6,8-9,15H2,1-2H3,(H,16,18). The second-order valence-electron chi connectivity index (χ2n) is 5.08. The Morgan fingerprint density at radius 3 is 2.76 bits per heavy atom. The number of carbonyl (C=O) groups is 1. The summed E-state index contributed by atoms with van der Waals surface area (Å²) in [6, 6.07) is 4.45. The van der Waals surface area contributed by atoms with Gasteiger partial charge in [-0.2, -0.15) is 0 Å². The fourth-order valence-corrected chi connectivity index (χ4v) is 1.65. The molecule has 7 heteroatoms. The second-order valence-corrected chi connectivity index (χ2v) is 5.08. The Labute approximate surface area is 123 Å². The van der Waals surface area contributed by atoms with E-state index in [1.54, 1.807) is 6.07 Å². The fraction of sp³-hybridized carbons (Fsp3) is 0.500. The van der Waals surface area contributed by atoms with Crippen molar-refractivity contribution in [3.05, 3.63) is 33.9 Å². The van der Waals surface area contributed by atoms with Gasteiger partial charge in [0.15, 0.2) is 12.4 Å². The summed E-state index contributed by atoms with van der Waals surface area (Å²) < 4.78 is 5.22. The topological polar surface area (TPSA) is 107 Å². The lowest BCUT2D eigenvalue weighted by molar-refractivity contribution is -0.385. The first-order valence-electron chi connectivity index (χ1n) is 6.81. The van der Waals surface area contributed by atoms with Crippen LogP contribution in [0.4, 0.5) is 5.69 Å². The zero-order valence-corrected chi connectivity index (χ0v) is 12.3. The number of nitrogens with one attached hydrogen (secondary N) is 1. The number of nitro groups is 1. The highest BCUT2D eigenvalue weighted by atomic mass is 16.6. The van der Waals surface area contributed by atoms with Gasteiger partial charge in [0.2, 0.25) is 0 Å². The number of nitro benzene ring substituents is 1.